The molecule has 0 aromatic rings. The molecule has 0 bridgehead atoms. The normalized spacial score (nSPS) is 14.0. The number of nitrogens with one attached hydrogen (secondary N) is 1. The van der Waals surface area contributed by atoms with Gasteiger partial charge in [-0.3, -0.25) is 4.79 Å². The SMILES string of the molecule is CCCCCCC/C=C/CC/C=C/CC/C=C/C(O)C(CO)NC(=O)CCCCCCC. The summed E-state index contributed by atoms with van der Waals surface area (Å²) in [6.07, 6.45) is 29.5. The van der Waals surface area contributed by atoms with Crippen LogP contribution in [-0.4, -0.2) is 34.9 Å². The number of carbonyl (C=O) groups is 1. The van der Waals surface area contributed by atoms with Gasteiger partial charge in [0.15, 0.2) is 0 Å². The Bertz CT molecular complexity index is 499. The maximum absolute atomic E-state index is 12.0. The van der Waals surface area contributed by atoms with Crippen LogP contribution in [0, 0.1) is 0 Å². The number of hydrogen-bond donors (Lipinski definition) is 3. The van der Waals surface area contributed by atoms with Crippen molar-refractivity contribution in [1.82, 2.24) is 5.32 Å². The van der Waals surface area contributed by atoms with Crippen LogP contribution < -0.4 is 5.32 Å². The Labute approximate surface area is 198 Å². The highest BCUT2D eigenvalue weighted by molar-refractivity contribution is 5.76. The highest BCUT2D eigenvalue weighted by atomic mass is 16.3. The van der Waals surface area contributed by atoms with Crippen molar-refractivity contribution in [2.24, 2.45) is 0 Å². The van der Waals surface area contributed by atoms with Crippen molar-refractivity contribution < 1.29 is 15.0 Å². The monoisotopic (exact) mass is 449 g/mol. The molecule has 0 aromatic carbocycles. The molecule has 3 N–H and O–H groups in total. The molecular weight excluding hydrogens is 398 g/mol. The van der Waals surface area contributed by atoms with Gasteiger partial charge >= 0.3 is 0 Å². The lowest BCUT2D eigenvalue weighted by Crippen LogP contribution is -2.45. The fourth-order valence-electron chi connectivity index (χ4n) is 3.50. The van der Waals surface area contributed by atoms with E-state index >= 15 is 0 Å². The first kappa shape index (κ1) is 30.6. The highest BCUT2D eigenvalue weighted by Crippen LogP contribution is 2.07. The zero-order valence-corrected chi connectivity index (χ0v) is 20.9. The Morgan fingerprint density at radius 3 is 1.78 bits per heavy atom. The van der Waals surface area contributed by atoms with E-state index in [1.807, 2.05) is 6.08 Å². The van der Waals surface area contributed by atoms with Crippen molar-refractivity contribution in [2.75, 3.05) is 6.61 Å². The molecule has 4 heteroatoms. The second kappa shape index (κ2) is 24.3. The van der Waals surface area contributed by atoms with Gasteiger partial charge in [0.2, 0.25) is 5.91 Å². The minimum Gasteiger partial charge on any atom is -0.394 e. The molecule has 1 amide bonds. The van der Waals surface area contributed by atoms with Crippen LogP contribution in [0.2, 0.25) is 0 Å². The molecule has 0 aromatic heterocycles. The lowest BCUT2D eigenvalue weighted by atomic mass is 10.1. The van der Waals surface area contributed by atoms with Gasteiger partial charge in [-0.25, -0.2) is 0 Å². The molecule has 0 aliphatic carbocycles. The summed E-state index contributed by atoms with van der Waals surface area (Å²) in [6.45, 7) is 4.15. The number of aliphatic hydroxyl groups is 2. The van der Waals surface area contributed by atoms with Crippen LogP contribution in [0.25, 0.3) is 0 Å². The third-order valence-electron chi connectivity index (χ3n) is 5.60. The molecule has 0 saturated carbocycles. The van der Waals surface area contributed by atoms with E-state index < -0.39 is 12.1 Å². The average Bonchev–Trinajstić information content (AvgIpc) is 2.79. The maximum atomic E-state index is 12.0. The third-order valence-corrected chi connectivity index (χ3v) is 5.60. The second-order valence-corrected chi connectivity index (χ2v) is 8.74. The molecule has 32 heavy (non-hydrogen) atoms. The molecule has 0 rings (SSSR count). The van der Waals surface area contributed by atoms with E-state index in [2.05, 4.69) is 43.5 Å². The molecular formula is C28H51NO3. The summed E-state index contributed by atoms with van der Waals surface area (Å²) < 4.78 is 0. The van der Waals surface area contributed by atoms with Crippen LogP contribution in [-0.2, 0) is 4.79 Å². The van der Waals surface area contributed by atoms with Gasteiger partial charge in [-0.05, 0) is 44.9 Å². The van der Waals surface area contributed by atoms with Crippen molar-refractivity contribution in [3.05, 3.63) is 36.5 Å². The first-order valence-corrected chi connectivity index (χ1v) is 13.2. The Balaban J connectivity index is 3.81. The fourth-order valence-corrected chi connectivity index (χ4v) is 3.50. The summed E-state index contributed by atoms with van der Waals surface area (Å²) in [5.41, 5.74) is 0. The highest BCUT2D eigenvalue weighted by Gasteiger charge is 2.17. The molecule has 4 nitrogen and oxygen atoms in total. The number of amides is 1. The van der Waals surface area contributed by atoms with E-state index in [0.29, 0.717) is 6.42 Å². The van der Waals surface area contributed by atoms with E-state index in [4.69, 9.17) is 0 Å². The fraction of sp³-hybridized carbons (Fsp3) is 0.750. The number of unbranched alkanes of at least 4 members (excludes halogenated alkanes) is 11. The molecule has 0 radical (unpaired) electrons. The number of aliphatic hydroxyl groups excluding tert-OH is 2. The lowest BCUT2D eigenvalue weighted by Gasteiger charge is -2.19. The van der Waals surface area contributed by atoms with Crippen LogP contribution in [0.3, 0.4) is 0 Å². The molecule has 0 heterocycles. The lowest BCUT2D eigenvalue weighted by molar-refractivity contribution is -0.123. The van der Waals surface area contributed by atoms with Gasteiger partial charge < -0.3 is 15.5 Å². The minimum atomic E-state index is -0.861. The topological polar surface area (TPSA) is 69.6 Å². The van der Waals surface area contributed by atoms with Crippen molar-refractivity contribution in [1.29, 1.82) is 0 Å². The van der Waals surface area contributed by atoms with Gasteiger partial charge in [0, 0.05) is 6.42 Å². The quantitative estimate of drug-likeness (QED) is 0.126. The standard InChI is InChI=1S/C28H51NO3/c1-3-5-7-9-10-11-12-13-14-15-16-17-18-20-21-23-27(31)26(25-30)29-28(32)24-22-19-8-6-4-2/h12-13,16-17,21,23,26-27,30-31H,3-11,14-15,18-20,22,24-25H2,1-2H3,(H,29,32)/b13-12+,17-16+,23-21+. The molecule has 0 spiro atoms. The van der Waals surface area contributed by atoms with Gasteiger partial charge in [-0.2, -0.15) is 0 Å². The second-order valence-electron chi connectivity index (χ2n) is 8.74. The number of rotatable bonds is 22. The summed E-state index contributed by atoms with van der Waals surface area (Å²) in [4.78, 5) is 12.0. The van der Waals surface area contributed by atoms with Gasteiger partial charge in [0.05, 0.1) is 18.8 Å². The third kappa shape index (κ3) is 20.5. The molecule has 0 fully saturated rings. The van der Waals surface area contributed by atoms with E-state index in [9.17, 15) is 15.0 Å². The van der Waals surface area contributed by atoms with Crippen LogP contribution in [0.1, 0.15) is 117 Å². The maximum Gasteiger partial charge on any atom is 0.220 e. The smallest absolute Gasteiger partial charge is 0.220 e. The van der Waals surface area contributed by atoms with E-state index in [1.54, 1.807) is 6.08 Å². The Morgan fingerprint density at radius 2 is 1.22 bits per heavy atom. The van der Waals surface area contributed by atoms with E-state index in [1.165, 1.54) is 51.4 Å². The summed E-state index contributed by atoms with van der Waals surface area (Å²) in [7, 11) is 0. The minimum absolute atomic E-state index is 0.0959. The van der Waals surface area contributed by atoms with Gasteiger partial charge in [0.25, 0.3) is 0 Å². The Hall–Kier alpha value is -1.39. The molecule has 0 aliphatic heterocycles. The first-order chi connectivity index (χ1) is 15.7. The number of carbonyl (C=O) groups excluding carboxylic acids is 1. The van der Waals surface area contributed by atoms with Crippen LogP contribution in [0.5, 0.6) is 0 Å². The van der Waals surface area contributed by atoms with Gasteiger partial charge in [-0.1, -0.05) is 102 Å². The molecule has 186 valence electrons. The molecule has 2 atom stereocenters. The summed E-state index contributed by atoms with van der Waals surface area (Å²) in [6, 6.07) is -0.636. The van der Waals surface area contributed by atoms with Crippen LogP contribution in [0.15, 0.2) is 36.5 Å². The van der Waals surface area contributed by atoms with Crippen molar-refractivity contribution in [3.8, 4) is 0 Å². The van der Waals surface area contributed by atoms with Gasteiger partial charge in [-0.15, -0.1) is 0 Å². The summed E-state index contributed by atoms with van der Waals surface area (Å²) >= 11 is 0. The van der Waals surface area contributed by atoms with Gasteiger partial charge in [0.1, 0.15) is 0 Å². The first-order valence-electron chi connectivity index (χ1n) is 13.2. The Kier molecular flexibility index (Phi) is 23.2. The zero-order chi connectivity index (χ0) is 23.7. The molecule has 0 aliphatic rings. The van der Waals surface area contributed by atoms with Crippen LogP contribution >= 0.6 is 0 Å². The molecule has 0 saturated heterocycles. The zero-order valence-electron chi connectivity index (χ0n) is 20.9. The predicted molar refractivity (Wildman–Crippen MR) is 138 cm³/mol. The largest absolute Gasteiger partial charge is 0.394 e. The summed E-state index contributed by atoms with van der Waals surface area (Å²) in [5.74, 6) is -0.0959. The number of allylic oxidation sites excluding steroid dienone is 5. The van der Waals surface area contributed by atoms with Crippen molar-refractivity contribution >= 4 is 5.91 Å². The average molecular weight is 450 g/mol. The number of hydrogen-bond acceptors (Lipinski definition) is 3. The summed E-state index contributed by atoms with van der Waals surface area (Å²) in [5, 5.41) is 22.5. The van der Waals surface area contributed by atoms with E-state index in [0.717, 1.165) is 44.9 Å². The van der Waals surface area contributed by atoms with Crippen LogP contribution in [0.4, 0.5) is 0 Å². The predicted octanol–water partition coefficient (Wildman–Crippen LogP) is 6.77. The van der Waals surface area contributed by atoms with Crippen molar-refractivity contribution in [2.45, 2.75) is 129 Å². The van der Waals surface area contributed by atoms with E-state index in [-0.39, 0.29) is 12.5 Å². The molecule has 2 unspecified atom stereocenters. The van der Waals surface area contributed by atoms with Crippen molar-refractivity contribution in [3.63, 3.8) is 0 Å². The Morgan fingerprint density at radius 1 is 0.719 bits per heavy atom.